The zero-order valence-electron chi connectivity index (χ0n) is 14.7. The predicted molar refractivity (Wildman–Crippen MR) is 92.8 cm³/mol. The Morgan fingerprint density at radius 2 is 2.12 bits per heavy atom. The van der Waals surface area contributed by atoms with E-state index in [0.717, 1.165) is 50.3 Å². The van der Waals surface area contributed by atoms with Crippen LogP contribution < -0.4 is 0 Å². The second-order valence-corrected chi connectivity index (χ2v) is 6.54. The van der Waals surface area contributed by atoms with Crippen molar-refractivity contribution in [3.63, 3.8) is 0 Å². The van der Waals surface area contributed by atoms with Gasteiger partial charge < -0.3 is 9.64 Å². The summed E-state index contributed by atoms with van der Waals surface area (Å²) in [5.41, 5.74) is 1.07. The minimum Gasteiger partial charge on any atom is -0.383 e. The van der Waals surface area contributed by atoms with Crippen molar-refractivity contribution in [1.29, 1.82) is 0 Å². The molecule has 1 aliphatic rings. The SMILES string of the molecule is COCCN1CCC[C@H](c2cncc(-c3cccc(C(F)(F)F)c3)n2)C1. The second-order valence-electron chi connectivity index (χ2n) is 6.54. The number of nitrogens with zero attached hydrogens (tertiary/aromatic N) is 3. The Morgan fingerprint density at radius 1 is 1.27 bits per heavy atom. The van der Waals surface area contributed by atoms with Crippen molar-refractivity contribution >= 4 is 0 Å². The fraction of sp³-hybridized carbons (Fsp3) is 0.474. The standard InChI is InChI=1S/C19H22F3N3O/c1-26-9-8-25-7-3-5-15(13-25)18-12-23-11-17(24-18)14-4-2-6-16(10-14)19(20,21)22/h2,4,6,10-12,15H,3,5,7-9,13H2,1H3/t15-/m0/s1. The summed E-state index contributed by atoms with van der Waals surface area (Å²) in [6.45, 7) is 3.45. The third-order valence-electron chi connectivity index (χ3n) is 4.67. The number of alkyl halides is 3. The Morgan fingerprint density at radius 3 is 2.88 bits per heavy atom. The number of rotatable bonds is 5. The quantitative estimate of drug-likeness (QED) is 0.803. The number of hydrogen-bond donors (Lipinski definition) is 0. The van der Waals surface area contributed by atoms with E-state index in [2.05, 4.69) is 14.9 Å². The van der Waals surface area contributed by atoms with Gasteiger partial charge in [-0.2, -0.15) is 13.2 Å². The summed E-state index contributed by atoms with van der Waals surface area (Å²) >= 11 is 0. The highest BCUT2D eigenvalue weighted by Gasteiger charge is 2.30. The van der Waals surface area contributed by atoms with Crippen LogP contribution in [0.2, 0.25) is 0 Å². The molecule has 26 heavy (non-hydrogen) atoms. The van der Waals surface area contributed by atoms with Gasteiger partial charge in [0.15, 0.2) is 0 Å². The number of benzene rings is 1. The van der Waals surface area contributed by atoms with Crippen LogP contribution in [-0.4, -0.2) is 48.2 Å². The Kier molecular flexibility index (Phi) is 5.88. The van der Waals surface area contributed by atoms with Crippen LogP contribution in [0.5, 0.6) is 0 Å². The van der Waals surface area contributed by atoms with Crippen molar-refractivity contribution in [1.82, 2.24) is 14.9 Å². The molecule has 0 bridgehead atoms. The van der Waals surface area contributed by atoms with E-state index >= 15 is 0 Å². The van der Waals surface area contributed by atoms with Gasteiger partial charge in [-0.1, -0.05) is 12.1 Å². The molecule has 3 rings (SSSR count). The highest BCUT2D eigenvalue weighted by molar-refractivity contribution is 5.59. The lowest BCUT2D eigenvalue weighted by molar-refractivity contribution is -0.137. The first-order valence-corrected chi connectivity index (χ1v) is 8.68. The smallest absolute Gasteiger partial charge is 0.383 e. The van der Waals surface area contributed by atoms with Crippen molar-refractivity contribution in [2.75, 3.05) is 33.4 Å². The minimum absolute atomic E-state index is 0.235. The molecule has 2 heterocycles. The summed E-state index contributed by atoms with van der Waals surface area (Å²) in [5, 5.41) is 0. The van der Waals surface area contributed by atoms with Crippen molar-refractivity contribution in [2.24, 2.45) is 0 Å². The summed E-state index contributed by atoms with van der Waals surface area (Å²) in [5.74, 6) is 0.235. The van der Waals surface area contributed by atoms with Crippen LogP contribution >= 0.6 is 0 Å². The number of likely N-dealkylation sites (tertiary alicyclic amines) is 1. The summed E-state index contributed by atoms with van der Waals surface area (Å²) in [7, 11) is 1.69. The molecule has 140 valence electrons. The van der Waals surface area contributed by atoms with Gasteiger partial charge in [-0.3, -0.25) is 4.98 Å². The van der Waals surface area contributed by atoms with Crippen molar-refractivity contribution in [2.45, 2.75) is 24.9 Å². The molecular weight excluding hydrogens is 343 g/mol. The van der Waals surface area contributed by atoms with Crippen LogP contribution in [0.4, 0.5) is 13.2 Å². The summed E-state index contributed by atoms with van der Waals surface area (Å²) in [6, 6.07) is 5.23. The average molecular weight is 365 g/mol. The van der Waals surface area contributed by atoms with Crippen molar-refractivity contribution in [3.05, 3.63) is 47.9 Å². The third-order valence-corrected chi connectivity index (χ3v) is 4.67. The number of piperidine rings is 1. The maximum atomic E-state index is 12.9. The molecule has 0 amide bonds. The largest absolute Gasteiger partial charge is 0.416 e. The van der Waals surface area contributed by atoms with E-state index in [0.29, 0.717) is 17.9 Å². The molecule has 0 radical (unpaired) electrons. The van der Waals surface area contributed by atoms with Gasteiger partial charge in [0.25, 0.3) is 0 Å². The first kappa shape index (κ1) is 18.8. The molecule has 1 aromatic heterocycles. The zero-order chi connectivity index (χ0) is 18.6. The monoisotopic (exact) mass is 365 g/mol. The maximum absolute atomic E-state index is 12.9. The molecular formula is C19H22F3N3O. The van der Waals surface area contributed by atoms with Gasteiger partial charge in [0.2, 0.25) is 0 Å². The van der Waals surface area contributed by atoms with Crippen LogP contribution in [0, 0.1) is 0 Å². The second kappa shape index (κ2) is 8.14. The minimum atomic E-state index is -4.37. The Hall–Kier alpha value is -1.99. The molecule has 1 fully saturated rings. The number of aromatic nitrogens is 2. The Bertz CT molecular complexity index is 736. The predicted octanol–water partition coefficient (Wildman–Crippen LogP) is 3.99. The van der Waals surface area contributed by atoms with Crippen LogP contribution in [0.3, 0.4) is 0 Å². The molecule has 0 saturated carbocycles. The van der Waals surface area contributed by atoms with Gasteiger partial charge >= 0.3 is 6.18 Å². The lowest BCUT2D eigenvalue weighted by Crippen LogP contribution is -2.36. The highest BCUT2D eigenvalue weighted by Crippen LogP contribution is 2.32. The Balaban J connectivity index is 1.80. The lowest BCUT2D eigenvalue weighted by atomic mass is 9.95. The van der Waals surface area contributed by atoms with Gasteiger partial charge in [0.05, 0.1) is 29.8 Å². The topological polar surface area (TPSA) is 38.2 Å². The van der Waals surface area contributed by atoms with Crippen molar-refractivity contribution in [3.8, 4) is 11.3 Å². The normalized spacial score (nSPS) is 18.8. The average Bonchev–Trinajstić information content (AvgIpc) is 2.66. The summed E-state index contributed by atoms with van der Waals surface area (Å²) in [4.78, 5) is 11.2. The molecule has 4 nitrogen and oxygen atoms in total. The van der Waals surface area contributed by atoms with Crippen LogP contribution in [-0.2, 0) is 10.9 Å². The van der Waals surface area contributed by atoms with E-state index in [1.54, 1.807) is 19.4 Å². The van der Waals surface area contributed by atoms with Gasteiger partial charge in [-0.15, -0.1) is 0 Å². The fourth-order valence-corrected chi connectivity index (χ4v) is 3.29. The first-order valence-electron chi connectivity index (χ1n) is 8.68. The van der Waals surface area contributed by atoms with E-state index in [9.17, 15) is 13.2 Å². The molecule has 1 saturated heterocycles. The lowest BCUT2D eigenvalue weighted by Gasteiger charge is -2.32. The molecule has 0 aliphatic carbocycles. The molecule has 0 unspecified atom stereocenters. The van der Waals surface area contributed by atoms with E-state index < -0.39 is 11.7 Å². The van der Waals surface area contributed by atoms with E-state index in [-0.39, 0.29) is 5.92 Å². The summed E-state index contributed by atoms with van der Waals surface area (Å²) in [6.07, 6.45) is 0.937. The molecule has 7 heteroatoms. The number of ether oxygens (including phenoxy) is 1. The molecule has 1 atom stereocenters. The first-order chi connectivity index (χ1) is 12.5. The molecule has 1 aromatic carbocycles. The highest BCUT2D eigenvalue weighted by atomic mass is 19.4. The van der Waals surface area contributed by atoms with Crippen molar-refractivity contribution < 1.29 is 17.9 Å². The molecule has 0 N–H and O–H groups in total. The Labute approximate surface area is 151 Å². The molecule has 1 aliphatic heterocycles. The zero-order valence-corrected chi connectivity index (χ0v) is 14.7. The third kappa shape index (κ3) is 4.59. The maximum Gasteiger partial charge on any atom is 0.416 e. The van der Waals surface area contributed by atoms with Crippen LogP contribution in [0.25, 0.3) is 11.3 Å². The van der Waals surface area contributed by atoms with E-state index in [4.69, 9.17) is 4.74 Å². The number of methoxy groups -OCH3 is 1. The fourth-order valence-electron chi connectivity index (χ4n) is 3.29. The number of halogens is 3. The number of hydrogen-bond acceptors (Lipinski definition) is 4. The van der Waals surface area contributed by atoms with Gasteiger partial charge in [-0.25, -0.2) is 4.98 Å². The van der Waals surface area contributed by atoms with E-state index in [1.165, 1.54) is 12.3 Å². The van der Waals surface area contributed by atoms with Crippen LogP contribution in [0.1, 0.15) is 30.0 Å². The van der Waals surface area contributed by atoms with Gasteiger partial charge in [0, 0.05) is 37.9 Å². The van der Waals surface area contributed by atoms with E-state index in [1.807, 2.05) is 0 Å². The molecule has 0 spiro atoms. The van der Waals surface area contributed by atoms with Gasteiger partial charge in [0.1, 0.15) is 0 Å². The summed E-state index contributed by atoms with van der Waals surface area (Å²) < 4.78 is 44.0. The van der Waals surface area contributed by atoms with Crippen LogP contribution in [0.15, 0.2) is 36.7 Å². The van der Waals surface area contributed by atoms with Gasteiger partial charge in [-0.05, 0) is 31.5 Å². The molecule has 2 aromatic rings.